The van der Waals surface area contributed by atoms with Crippen molar-refractivity contribution in [3.05, 3.63) is 53.8 Å². The molecule has 0 aliphatic carbocycles. The Morgan fingerprint density at radius 1 is 1.04 bits per heavy atom. The molecule has 2 amide bonds. The molecule has 144 valence electrons. The van der Waals surface area contributed by atoms with E-state index >= 15 is 0 Å². The monoisotopic (exact) mass is 380 g/mol. The maximum Gasteiger partial charge on any atom is 0.244 e. The summed E-state index contributed by atoms with van der Waals surface area (Å²) >= 11 is 0. The summed E-state index contributed by atoms with van der Waals surface area (Å²) in [4.78, 5) is 25.2. The summed E-state index contributed by atoms with van der Waals surface area (Å²) in [6.07, 6.45) is -0.0171. The lowest BCUT2D eigenvalue weighted by molar-refractivity contribution is -0.120. The molecule has 0 spiro atoms. The van der Waals surface area contributed by atoms with Gasteiger partial charge in [-0.05, 0) is 50.2 Å². The van der Waals surface area contributed by atoms with Gasteiger partial charge >= 0.3 is 0 Å². The molecule has 5 nitrogen and oxygen atoms in total. The molecular weight excluding hydrogens is 361 g/mol. The van der Waals surface area contributed by atoms with Gasteiger partial charge in [0.05, 0.1) is 11.8 Å². The van der Waals surface area contributed by atoms with Gasteiger partial charge < -0.3 is 15.0 Å². The number of amides is 2. The smallest absolute Gasteiger partial charge is 0.244 e. The van der Waals surface area contributed by atoms with Crippen molar-refractivity contribution >= 4 is 23.2 Å². The summed E-state index contributed by atoms with van der Waals surface area (Å²) in [7, 11) is 0. The van der Waals surface area contributed by atoms with Crippen molar-refractivity contribution in [2.24, 2.45) is 0 Å². The molecule has 0 unspecified atom stereocenters. The average Bonchev–Trinajstić information content (AvgIpc) is 2.60. The number of benzene rings is 2. The molecular formula is C19H19F3N2O3. The van der Waals surface area contributed by atoms with Gasteiger partial charge in [0.15, 0.2) is 17.5 Å². The van der Waals surface area contributed by atoms with E-state index in [4.69, 9.17) is 4.74 Å². The maximum absolute atomic E-state index is 13.7. The van der Waals surface area contributed by atoms with E-state index < -0.39 is 41.5 Å². The number of nitrogens with zero attached hydrogens (tertiary/aromatic N) is 1. The third-order valence-corrected chi connectivity index (χ3v) is 3.51. The number of carbonyl (C=O) groups excluding carboxylic acids is 2. The van der Waals surface area contributed by atoms with Gasteiger partial charge in [0.2, 0.25) is 11.8 Å². The van der Waals surface area contributed by atoms with Crippen LogP contribution in [0.4, 0.5) is 24.5 Å². The highest BCUT2D eigenvalue weighted by Gasteiger charge is 2.19. The van der Waals surface area contributed by atoms with E-state index in [0.29, 0.717) is 17.5 Å². The van der Waals surface area contributed by atoms with E-state index in [2.05, 4.69) is 5.32 Å². The topological polar surface area (TPSA) is 58.6 Å². The summed E-state index contributed by atoms with van der Waals surface area (Å²) in [5.74, 6) is -5.14. The number of hydrogen-bond donors (Lipinski definition) is 1. The highest BCUT2D eigenvalue weighted by molar-refractivity contribution is 6.01. The van der Waals surface area contributed by atoms with Crippen molar-refractivity contribution in [3.63, 3.8) is 0 Å². The largest absolute Gasteiger partial charge is 0.491 e. The van der Waals surface area contributed by atoms with Gasteiger partial charge in [-0.2, -0.15) is 0 Å². The second-order valence-electron chi connectivity index (χ2n) is 6.04. The minimum Gasteiger partial charge on any atom is -0.491 e. The molecule has 0 fully saturated rings. The van der Waals surface area contributed by atoms with Gasteiger partial charge in [-0.3, -0.25) is 9.59 Å². The molecule has 0 saturated carbocycles. The Morgan fingerprint density at radius 3 is 2.22 bits per heavy atom. The van der Waals surface area contributed by atoms with E-state index in [1.807, 2.05) is 13.8 Å². The zero-order valence-electron chi connectivity index (χ0n) is 15.1. The van der Waals surface area contributed by atoms with Gasteiger partial charge in [-0.1, -0.05) is 0 Å². The molecule has 2 aromatic carbocycles. The zero-order chi connectivity index (χ0) is 20.1. The molecule has 1 N–H and O–H groups in total. The fourth-order valence-electron chi connectivity index (χ4n) is 2.32. The SMILES string of the molecule is CC(=O)N(CC(=O)Nc1ccc(F)c(F)c1F)c1ccc(OC(C)C)cc1. The van der Waals surface area contributed by atoms with Crippen LogP contribution in [0, 0.1) is 17.5 Å². The van der Waals surface area contributed by atoms with Crippen molar-refractivity contribution in [3.8, 4) is 5.75 Å². The van der Waals surface area contributed by atoms with Crippen LogP contribution in [0.25, 0.3) is 0 Å². The highest BCUT2D eigenvalue weighted by Crippen LogP contribution is 2.22. The quantitative estimate of drug-likeness (QED) is 0.774. The van der Waals surface area contributed by atoms with E-state index in [1.54, 1.807) is 24.3 Å². The standard InChI is InChI=1S/C19H19F3N2O3/c1-11(2)27-14-6-4-13(5-7-14)24(12(3)25)10-17(26)23-16-9-8-15(20)18(21)19(16)22/h4-9,11H,10H2,1-3H3,(H,23,26). The van der Waals surface area contributed by atoms with Gasteiger partial charge in [0.1, 0.15) is 12.3 Å². The van der Waals surface area contributed by atoms with Crippen LogP contribution in [0.3, 0.4) is 0 Å². The van der Waals surface area contributed by atoms with Crippen LogP contribution < -0.4 is 15.0 Å². The predicted octanol–water partition coefficient (Wildman–Crippen LogP) is 3.88. The Kier molecular flexibility index (Phi) is 6.44. The molecule has 0 bridgehead atoms. The van der Waals surface area contributed by atoms with Crippen molar-refractivity contribution in [1.29, 1.82) is 0 Å². The van der Waals surface area contributed by atoms with E-state index in [-0.39, 0.29) is 6.10 Å². The van der Waals surface area contributed by atoms with Crippen molar-refractivity contribution in [1.82, 2.24) is 0 Å². The molecule has 0 aliphatic heterocycles. The second kappa shape index (κ2) is 8.57. The van der Waals surface area contributed by atoms with Crippen LogP contribution >= 0.6 is 0 Å². The Hall–Kier alpha value is -3.03. The Bertz CT molecular complexity index is 839. The van der Waals surface area contributed by atoms with Gasteiger partial charge in [-0.15, -0.1) is 0 Å². The Morgan fingerprint density at radius 2 is 1.67 bits per heavy atom. The first-order valence-corrected chi connectivity index (χ1v) is 8.17. The number of anilines is 2. The summed E-state index contributed by atoms with van der Waals surface area (Å²) in [6.45, 7) is 4.58. The summed E-state index contributed by atoms with van der Waals surface area (Å²) < 4.78 is 45.4. The first-order chi connectivity index (χ1) is 12.7. The van der Waals surface area contributed by atoms with Gasteiger partial charge in [-0.25, -0.2) is 13.2 Å². The fraction of sp³-hybridized carbons (Fsp3) is 0.263. The van der Waals surface area contributed by atoms with Crippen molar-refractivity contribution < 1.29 is 27.5 Å². The molecule has 0 heterocycles. The number of nitrogens with one attached hydrogen (secondary N) is 1. The molecule has 2 aromatic rings. The van der Waals surface area contributed by atoms with Crippen LogP contribution in [-0.4, -0.2) is 24.5 Å². The molecule has 0 aromatic heterocycles. The lowest BCUT2D eigenvalue weighted by atomic mass is 10.2. The van der Waals surface area contributed by atoms with Crippen LogP contribution in [0.5, 0.6) is 5.75 Å². The highest BCUT2D eigenvalue weighted by atomic mass is 19.2. The van der Waals surface area contributed by atoms with Crippen molar-refractivity contribution in [2.75, 3.05) is 16.8 Å². The second-order valence-corrected chi connectivity index (χ2v) is 6.04. The van der Waals surface area contributed by atoms with Gasteiger partial charge in [0, 0.05) is 12.6 Å². The third kappa shape index (κ3) is 5.22. The lowest BCUT2D eigenvalue weighted by Crippen LogP contribution is -2.36. The normalized spacial score (nSPS) is 10.6. The third-order valence-electron chi connectivity index (χ3n) is 3.51. The number of rotatable bonds is 6. The molecule has 0 radical (unpaired) electrons. The maximum atomic E-state index is 13.7. The first kappa shape index (κ1) is 20.3. The summed E-state index contributed by atoms with van der Waals surface area (Å²) in [5, 5.41) is 2.13. The lowest BCUT2D eigenvalue weighted by Gasteiger charge is -2.21. The van der Waals surface area contributed by atoms with Crippen LogP contribution in [0.15, 0.2) is 36.4 Å². The van der Waals surface area contributed by atoms with Crippen molar-refractivity contribution in [2.45, 2.75) is 26.9 Å². The van der Waals surface area contributed by atoms with Crippen LogP contribution in [-0.2, 0) is 9.59 Å². The number of halogens is 3. The molecule has 0 aliphatic rings. The number of hydrogen-bond acceptors (Lipinski definition) is 3. The molecule has 0 saturated heterocycles. The first-order valence-electron chi connectivity index (χ1n) is 8.17. The molecule has 27 heavy (non-hydrogen) atoms. The predicted molar refractivity (Wildman–Crippen MR) is 95.2 cm³/mol. The van der Waals surface area contributed by atoms with Crippen LogP contribution in [0.2, 0.25) is 0 Å². The van der Waals surface area contributed by atoms with E-state index in [9.17, 15) is 22.8 Å². The summed E-state index contributed by atoms with van der Waals surface area (Å²) in [6, 6.07) is 8.11. The Balaban J connectivity index is 2.13. The number of carbonyl (C=O) groups is 2. The minimum atomic E-state index is -1.68. The zero-order valence-corrected chi connectivity index (χ0v) is 15.1. The van der Waals surface area contributed by atoms with E-state index in [0.717, 1.165) is 11.0 Å². The molecule has 0 atom stereocenters. The fourth-order valence-corrected chi connectivity index (χ4v) is 2.32. The van der Waals surface area contributed by atoms with Crippen LogP contribution in [0.1, 0.15) is 20.8 Å². The van der Waals surface area contributed by atoms with Gasteiger partial charge in [0.25, 0.3) is 0 Å². The minimum absolute atomic E-state index is 0.0171. The number of ether oxygens (including phenoxy) is 1. The molecule has 8 heteroatoms. The summed E-state index contributed by atoms with van der Waals surface area (Å²) in [5.41, 5.74) is -0.0809. The molecule has 2 rings (SSSR count). The average molecular weight is 380 g/mol. The Labute approximate surface area is 154 Å². The van der Waals surface area contributed by atoms with E-state index in [1.165, 1.54) is 6.92 Å².